The van der Waals surface area contributed by atoms with Crippen molar-refractivity contribution < 1.29 is 21.6 Å². The Kier molecular flexibility index (Phi) is 6.33. The molecule has 0 atom stereocenters. The van der Waals surface area contributed by atoms with Gasteiger partial charge in [-0.15, -0.1) is 0 Å². The number of ether oxygens (including phenoxy) is 1. The molecule has 1 heterocycles. The van der Waals surface area contributed by atoms with Crippen molar-refractivity contribution in [2.45, 2.75) is 51.5 Å². The zero-order valence-corrected chi connectivity index (χ0v) is 19.3. The molecule has 0 saturated carbocycles. The third-order valence-corrected chi connectivity index (χ3v) is 8.26. The van der Waals surface area contributed by atoms with Crippen LogP contribution in [0.5, 0.6) is 5.75 Å². The lowest BCUT2D eigenvalue weighted by Crippen LogP contribution is -2.38. The second-order valence-corrected chi connectivity index (χ2v) is 11.5. The van der Waals surface area contributed by atoms with E-state index in [2.05, 4.69) is 4.72 Å². The molecule has 2 aromatic rings. The quantitative estimate of drug-likeness (QED) is 0.719. The second kappa shape index (κ2) is 8.47. The second-order valence-electron chi connectivity index (χ2n) is 7.80. The summed E-state index contributed by atoms with van der Waals surface area (Å²) in [7, 11) is -7.21. The highest BCUT2D eigenvalue weighted by Gasteiger charge is 2.28. The van der Waals surface area contributed by atoms with E-state index in [1.807, 2.05) is 13.8 Å². The molecule has 0 spiro atoms. The van der Waals surface area contributed by atoms with Crippen LogP contribution < -0.4 is 13.8 Å². The van der Waals surface area contributed by atoms with Crippen molar-refractivity contribution in [3.05, 3.63) is 47.5 Å². The summed E-state index contributed by atoms with van der Waals surface area (Å²) in [5.41, 5.74) is 2.06. The van der Waals surface area contributed by atoms with Crippen molar-refractivity contribution in [3.8, 4) is 5.75 Å². The minimum absolute atomic E-state index is 0.0281. The first-order valence-electron chi connectivity index (χ1n) is 9.91. The molecule has 1 N–H and O–H groups in total. The number of hydrogen-bond donors (Lipinski definition) is 1. The third-order valence-electron chi connectivity index (χ3n) is 4.88. The summed E-state index contributed by atoms with van der Waals surface area (Å²) < 4.78 is 60.4. The predicted molar refractivity (Wildman–Crippen MR) is 119 cm³/mol. The van der Waals surface area contributed by atoms with Crippen molar-refractivity contribution >= 4 is 31.4 Å². The Bertz CT molecular complexity index is 1120. The molecule has 7 nitrogen and oxygen atoms in total. The van der Waals surface area contributed by atoms with Crippen LogP contribution in [0.25, 0.3) is 0 Å². The Balaban J connectivity index is 1.88. The summed E-state index contributed by atoms with van der Waals surface area (Å²) in [4.78, 5) is 0.126. The van der Waals surface area contributed by atoms with E-state index >= 15 is 0 Å². The molecule has 1 saturated heterocycles. The molecule has 1 aliphatic rings. The maximum absolute atomic E-state index is 13.0. The van der Waals surface area contributed by atoms with Crippen molar-refractivity contribution in [2.24, 2.45) is 0 Å². The molecule has 0 aromatic heterocycles. The molecule has 164 valence electrons. The number of benzene rings is 2. The van der Waals surface area contributed by atoms with Gasteiger partial charge in [0, 0.05) is 12.2 Å². The van der Waals surface area contributed by atoms with Crippen LogP contribution in [0.4, 0.5) is 11.4 Å². The van der Waals surface area contributed by atoms with Gasteiger partial charge >= 0.3 is 0 Å². The first-order valence-corrected chi connectivity index (χ1v) is 13.0. The molecular formula is C21H28N2O5S2. The van der Waals surface area contributed by atoms with Gasteiger partial charge < -0.3 is 4.74 Å². The van der Waals surface area contributed by atoms with Crippen LogP contribution in [0.2, 0.25) is 0 Å². The van der Waals surface area contributed by atoms with E-state index in [9.17, 15) is 16.8 Å². The number of hydrogen-bond acceptors (Lipinski definition) is 5. The van der Waals surface area contributed by atoms with Gasteiger partial charge in [-0.3, -0.25) is 9.03 Å². The first-order chi connectivity index (χ1) is 14.0. The first kappa shape index (κ1) is 22.4. The molecule has 0 aliphatic carbocycles. The molecule has 0 radical (unpaired) electrons. The maximum Gasteiger partial charge on any atom is 0.262 e. The van der Waals surface area contributed by atoms with Gasteiger partial charge in [-0.1, -0.05) is 0 Å². The Hall–Kier alpha value is -2.26. The molecule has 1 fully saturated rings. The van der Waals surface area contributed by atoms with Gasteiger partial charge in [0.05, 0.1) is 22.4 Å². The van der Waals surface area contributed by atoms with Gasteiger partial charge in [0.1, 0.15) is 5.75 Å². The number of anilines is 2. The summed E-state index contributed by atoms with van der Waals surface area (Å²) >= 11 is 0. The average molecular weight is 453 g/mol. The standard InChI is InChI=1S/C21H28N2O5S2/c1-15(2)28-19-9-7-18(8-10-19)22-30(26,27)21-14-16(3)20(13-17(21)4)23-11-5-6-12-29(23,24)25/h7-10,13-15,22H,5-6,11-12H2,1-4H3. The largest absolute Gasteiger partial charge is 0.491 e. The van der Waals surface area contributed by atoms with E-state index in [4.69, 9.17) is 4.74 Å². The van der Waals surface area contributed by atoms with E-state index in [1.54, 1.807) is 44.2 Å². The number of aryl methyl sites for hydroxylation is 2. The molecule has 0 bridgehead atoms. The van der Waals surface area contributed by atoms with Gasteiger partial charge in [0.25, 0.3) is 10.0 Å². The van der Waals surface area contributed by atoms with Crippen LogP contribution in [-0.2, 0) is 20.0 Å². The number of rotatable bonds is 6. The van der Waals surface area contributed by atoms with Gasteiger partial charge in [0.2, 0.25) is 10.0 Å². The van der Waals surface area contributed by atoms with Crippen LogP contribution >= 0.6 is 0 Å². The summed E-state index contributed by atoms with van der Waals surface area (Å²) in [5, 5.41) is 0. The topological polar surface area (TPSA) is 92.8 Å². The summed E-state index contributed by atoms with van der Waals surface area (Å²) in [5.74, 6) is 0.774. The van der Waals surface area contributed by atoms with Gasteiger partial charge in [-0.05, 0) is 88.1 Å². The van der Waals surface area contributed by atoms with E-state index < -0.39 is 20.0 Å². The van der Waals surface area contributed by atoms with Crippen LogP contribution in [0.15, 0.2) is 41.3 Å². The van der Waals surface area contributed by atoms with Crippen LogP contribution in [0, 0.1) is 13.8 Å². The Labute approximate surface area is 179 Å². The molecule has 3 rings (SSSR count). The van der Waals surface area contributed by atoms with Crippen LogP contribution in [0.1, 0.15) is 37.8 Å². The molecule has 2 aromatic carbocycles. The van der Waals surface area contributed by atoms with Crippen molar-refractivity contribution in [3.63, 3.8) is 0 Å². The number of nitrogens with zero attached hydrogens (tertiary/aromatic N) is 1. The fraction of sp³-hybridized carbons (Fsp3) is 0.429. The minimum atomic E-state index is -3.84. The highest BCUT2D eigenvalue weighted by Crippen LogP contribution is 2.32. The Morgan fingerprint density at radius 3 is 2.30 bits per heavy atom. The Morgan fingerprint density at radius 1 is 1.03 bits per heavy atom. The normalized spacial score (nSPS) is 16.5. The molecule has 1 aliphatic heterocycles. The van der Waals surface area contributed by atoms with Crippen molar-refractivity contribution in [1.29, 1.82) is 0 Å². The van der Waals surface area contributed by atoms with E-state index in [0.717, 1.165) is 6.42 Å². The zero-order chi connectivity index (χ0) is 22.1. The predicted octanol–water partition coefficient (Wildman–Crippen LogP) is 3.82. The number of nitrogens with one attached hydrogen (secondary N) is 1. The molecule has 9 heteroatoms. The van der Waals surface area contributed by atoms with Crippen LogP contribution in [-0.4, -0.2) is 35.2 Å². The van der Waals surface area contributed by atoms with Crippen LogP contribution in [0.3, 0.4) is 0 Å². The molecular weight excluding hydrogens is 424 g/mol. The highest BCUT2D eigenvalue weighted by molar-refractivity contribution is 7.93. The fourth-order valence-corrected chi connectivity index (χ4v) is 6.54. The fourth-order valence-electron chi connectivity index (χ4n) is 3.48. The monoisotopic (exact) mass is 452 g/mol. The summed E-state index contributed by atoms with van der Waals surface area (Å²) in [6.45, 7) is 7.66. The maximum atomic E-state index is 13.0. The lowest BCUT2D eigenvalue weighted by atomic mass is 10.1. The smallest absolute Gasteiger partial charge is 0.262 e. The number of sulfonamides is 2. The van der Waals surface area contributed by atoms with Gasteiger partial charge in [-0.2, -0.15) is 0 Å². The molecule has 0 unspecified atom stereocenters. The molecule has 0 amide bonds. The highest BCUT2D eigenvalue weighted by atomic mass is 32.2. The van der Waals surface area contributed by atoms with Gasteiger partial charge in [0.15, 0.2) is 0 Å². The summed E-state index contributed by atoms with van der Waals surface area (Å²) in [6.07, 6.45) is 1.46. The van der Waals surface area contributed by atoms with E-state index in [-0.39, 0.29) is 16.8 Å². The van der Waals surface area contributed by atoms with Crippen molar-refractivity contribution in [2.75, 3.05) is 21.3 Å². The lowest BCUT2D eigenvalue weighted by Gasteiger charge is -2.30. The zero-order valence-electron chi connectivity index (χ0n) is 17.7. The average Bonchev–Trinajstić information content (AvgIpc) is 2.64. The summed E-state index contributed by atoms with van der Waals surface area (Å²) in [6, 6.07) is 9.89. The Morgan fingerprint density at radius 2 is 1.70 bits per heavy atom. The van der Waals surface area contributed by atoms with Gasteiger partial charge in [-0.25, -0.2) is 16.8 Å². The SMILES string of the molecule is Cc1cc(S(=O)(=O)Nc2ccc(OC(C)C)cc2)c(C)cc1N1CCCCS1(=O)=O. The lowest BCUT2D eigenvalue weighted by molar-refractivity contribution is 0.242. The van der Waals surface area contributed by atoms with Crippen molar-refractivity contribution in [1.82, 2.24) is 0 Å². The third kappa shape index (κ3) is 4.89. The van der Waals surface area contributed by atoms with E-state index in [0.29, 0.717) is 41.2 Å². The van der Waals surface area contributed by atoms with E-state index in [1.165, 1.54) is 10.4 Å². The molecule has 30 heavy (non-hydrogen) atoms. The minimum Gasteiger partial charge on any atom is -0.491 e.